The van der Waals surface area contributed by atoms with Gasteiger partial charge in [-0.1, -0.05) is 35.2 Å². The van der Waals surface area contributed by atoms with Crippen LogP contribution in [0.25, 0.3) is 0 Å². The van der Waals surface area contributed by atoms with Crippen molar-refractivity contribution in [1.29, 1.82) is 0 Å². The molecule has 7 heteroatoms. The predicted octanol–water partition coefficient (Wildman–Crippen LogP) is 0.830. The molecular formula is C11H13N3O3S. The number of nitrogens with zero attached hydrogens (tertiary/aromatic N) is 2. The van der Waals surface area contributed by atoms with Crippen molar-refractivity contribution in [1.82, 2.24) is 14.7 Å². The standard InChI is InChI=1S/C11H13N3O3S/c1-14-8-11(7-12-14)18(15,16)13-17-9-10-5-3-2-4-6-10/h2-8,13H,9H2,1H3. The van der Waals surface area contributed by atoms with Crippen LogP contribution in [0.4, 0.5) is 0 Å². The number of aromatic nitrogens is 2. The van der Waals surface area contributed by atoms with Crippen LogP contribution in [0, 0.1) is 0 Å². The summed E-state index contributed by atoms with van der Waals surface area (Å²) in [5, 5.41) is 3.79. The van der Waals surface area contributed by atoms with E-state index < -0.39 is 10.0 Å². The Kier molecular flexibility index (Phi) is 3.75. The fourth-order valence-corrected chi connectivity index (χ4v) is 2.14. The zero-order chi connectivity index (χ0) is 13.0. The third kappa shape index (κ3) is 3.16. The third-order valence-corrected chi connectivity index (χ3v) is 3.41. The van der Waals surface area contributed by atoms with E-state index in [1.807, 2.05) is 30.3 Å². The molecule has 1 aromatic carbocycles. The number of hydrogen-bond donors (Lipinski definition) is 1. The lowest BCUT2D eigenvalue weighted by atomic mass is 10.2. The van der Waals surface area contributed by atoms with Gasteiger partial charge in [-0.2, -0.15) is 5.10 Å². The van der Waals surface area contributed by atoms with E-state index in [1.165, 1.54) is 17.1 Å². The van der Waals surface area contributed by atoms with E-state index in [9.17, 15) is 8.42 Å². The molecule has 6 nitrogen and oxygen atoms in total. The predicted molar refractivity (Wildman–Crippen MR) is 64.8 cm³/mol. The lowest BCUT2D eigenvalue weighted by Crippen LogP contribution is -2.23. The molecular weight excluding hydrogens is 254 g/mol. The molecule has 0 aliphatic rings. The second kappa shape index (κ2) is 5.30. The molecule has 0 bridgehead atoms. The zero-order valence-electron chi connectivity index (χ0n) is 9.78. The molecule has 0 aliphatic carbocycles. The van der Waals surface area contributed by atoms with Crippen LogP contribution < -0.4 is 4.89 Å². The molecule has 0 amide bonds. The number of rotatable bonds is 5. The Morgan fingerprint density at radius 3 is 2.67 bits per heavy atom. The second-order valence-corrected chi connectivity index (χ2v) is 5.36. The van der Waals surface area contributed by atoms with E-state index in [-0.39, 0.29) is 11.5 Å². The summed E-state index contributed by atoms with van der Waals surface area (Å²) in [5.74, 6) is 0. The topological polar surface area (TPSA) is 73.2 Å². The van der Waals surface area contributed by atoms with Crippen LogP contribution in [0.5, 0.6) is 0 Å². The fourth-order valence-electron chi connectivity index (χ4n) is 1.35. The van der Waals surface area contributed by atoms with Crippen molar-refractivity contribution in [3.8, 4) is 0 Å². The molecule has 0 saturated heterocycles. The van der Waals surface area contributed by atoms with Gasteiger partial charge in [0.2, 0.25) is 0 Å². The van der Waals surface area contributed by atoms with Crippen molar-refractivity contribution < 1.29 is 13.3 Å². The summed E-state index contributed by atoms with van der Waals surface area (Å²) < 4.78 is 24.9. The third-order valence-electron chi connectivity index (χ3n) is 2.24. The molecule has 2 rings (SSSR count). The minimum absolute atomic E-state index is 0.0676. The highest BCUT2D eigenvalue weighted by atomic mass is 32.2. The first-order chi connectivity index (χ1) is 8.58. The molecule has 1 aromatic heterocycles. The molecule has 0 radical (unpaired) electrons. The number of nitrogens with one attached hydrogen (secondary N) is 1. The first-order valence-electron chi connectivity index (χ1n) is 5.24. The van der Waals surface area contributed by atoms with Crippen molar-refractivity contribution in [3.63, 3.8) is 0 Å². The van der Waals surface area contributed by atoms with Gasteiger partial charge in [0.05, 0.1) is 12.8 Å². The number of hydrogen-bond acceptors (Lipinski definition) is 4. The Bertz CT molecular complexity index is 607. The Morgan fingerprint density at radius 1 is 1.33 bits per heavy atom. The van der Waals surface area contributed by atoms with E-state index in [1.54, 1.807) is 7.05 Å². The van der Waals surface area contributed by atoms with Crippen molar-refractivity contribution in [2.24, 2.45) is 7.05 Å². The van der Waals surface area contributed by atoms with Gasteiger partial charge in [0.1, 0.15) is 4.90 Å². The van der Waals surface area contributed by atoms with E-state index in [0.717, 1.165) is 5.56 Å². The van der Waals surface area contributed by atoms with Crippen LogP contribution in [0.15, 0.2) is 47.6 Å². The summed E-state index contributed by atoms with van der Waals surface area (Å²) in [4.78, 5) is 7.10. The van der Waals surface area contributed by atoms with Gasteiger partial charge in [-0.3, -0.25) is 9.52 Å². The summed E-state index contributed by atoms with van der Waals surface area (Å²) in [6.07, 6.45) is 2.66. The molecule has 0 saturated carbocycles. The van der Waals surface area contributed by atoms with E-state index in [4.69, 9.17) is 4.84 Å². The van der Waals surface area contributed by atoms with Gasteiger partial charge in [-0.15, -0.1) is 0 Å². The van der Waals surface area contributed by atoms with Gasteiger partial charge in [0.15, 0.2) is 0 Å². The maximum absolute atomic E-state index is 11.7. The van der Waals surface area contributed by atoms with E-state index in [0.29, 0.717) is 0 Å². The Morgan fingerprint density at radius 2 is 2.06 bits per heavy atom. The fraction of sp³-hybridized carbons (Fsp3) is 0.182. The van der Waals surface area contributed by atoms with Crippen molar-refractivity contribution in [2.45, 2.75) is 11.5 Å². The summed E-state index contributed by atoms with van der Waals surface area (Å²) in [6, 6.07) is 9.28. The molecule has 0 fully saturated rings. The van der Waals surface area contributed by atoms with Gasteiger partial charge < -0.3 is 0 Å². The van der Waals surface area contributed by atoms with Gasteiger partial charge in [-0.05, 0) is 5.56 Å². The Labute approximate surface area is 105 Å². The van der Waals surface area contributed by atoms with Gasteiger partial charge in [-0.25, -0.2) is 8.42 Å². The normalized spacial score (nSPS) is 11.6. The minimum Gasteiger partial charge on any atom is -0.282 e. The second-order valence-electron chi connectivity index (χ2n) is 3.71. The molecule has 18 heavy (non-hydrogen) atoms. The lowest BCUT2D eigenvalue weighted by molar-refractivity contribution is 0.0795. The van der Waals surface area contributed by atoms with Crippen LogP contribution in [-0.2, 0) is 28.5 Å². The van der Waals surface area contributed by atoms with Crippen LogP contribution in [0.3, 0.4) is 0 Å². The molecule has 2 aromatic rings. The van der Waals surface area contributed by atoms with Crippen molar-refractivity contribution in [2.75, 3.05) is 0 Å². The zero-order valence-corrected chi connectivity index (χ0v) is 10.6. The van der Waals surface area contributed by atoms with Crippen molar-refractivity contribution >= 4 is 10.0 Å². The summed E-state index contributed by atoms with van der Waals surface area (Å²) >= 11 is 0. The molecule has 0 unspecified atom stereocenters. The molecule has 1 N–H and O–H groups in total. The highest BCUT2D eigenvalue weighted by molar-refractivity contribution is 7.89. The minimum atomic E-state index is -3.67. The maximum Gasteiger partial charge on any atom is 0.265 e. The monoisotopic (exact) mass is 267 g/mol. The highest BCUT2D eigenvalue weighted by Crippen LogP contribution is 2.06. The van der Waals surface area contributed by atoms with Crippen LogP contribution in [0.2, 0.25) is 0 Å². The van der Waals surface area contributed by atoms with Crippen LogP contribution in [0.1, 0.15) is 5.56 Å². The van der Waals surface area contributed by atoms with Gasteiger partial charge >= 0.3 is 0 Å². The van der Waals surface area contributed by atoms with Gasteiger partial charge in [0.25, 0.3) is 10.0 Å². The van der Waals surface area contributed by atoms with Crippen molar-refractivity contribution in [3.05, 3.63) is 48.3 Å². The summed E-state index contributed by atoms with van der Waals surface area (Å²) in [6.45, 7) is 0.167. The summed E-state index contributed by atoms with van der Waals surface area (Å²) in [7, 11) is -2.02. The van der Waals surface area contributed by atoms with E-state index >= 15 is 0 Å². The highest BCUT2D eigenvalue weighted by Gasteiger charge is 2.15. The molecule has 1 heterocycles. The lowest BCUT2D eigenvalue weighted by Gasteiger charge is -2.05. The largest absolute Gasteiger partial charge is 0.282 e. The quantitative estimate of drug-likeness (QED) is 0.814. The SMILES string of the molecule is Cn1cc(S(=O)(=O)NOCc2ccccc2)cn1. The Hall–Kier alpha value is -1.70. The first-order valence-corrected chi connectivity index (χ1v) is 6.72. The average Bonchev–Trinajstić information content (AvgIpc) is 2.78. The van der Waals surface area contributed by atoms with Crippen LogP contribution in [-0.4, -0.2) is 18.2 Å². The van der Waals surface area contributed by atoms with Crippen LogP contribution >= 0.6 is 0 Å². The maximum atomic E-state index is 11.7. The molecule has 0 spiro atoms. The Balaban J connectivity index is 1.94. The van der Waals surface area contributed by atoms with E-state index in [2.05, 4.69) is 9.98 Å². The summed E-state index contributed by atoms with van der Waals surface area (Å²) in [5.41, 5.74) is 0.881. The molecule has 96 valence electrons. The van der Waals surface area contributed by atoms with Gasteiger partial charge in [0, 0.05) is 13.2 Å². The number of sulfonamides is 1. The molecule has 0 atom stereocenters. The smallest absolute Gasteiger partial charge is 0.265 e. The average molecular weight is 267 g/mol. The number of benzene rings is 1. The first kappa shape index (κ1) is 12.7. The number of aryl methyl sites for hydroxylation is 1. The molecule has 0 aliphatic heterocycles.